The number of hydrogen-bond acceptors (Lipinski definition) is 3. The van der Waals surface area contributed by atoms with E-state index >= 15 is 0 Å². The molecule has 0 amide bonds. The van der Waals surface area contributed by atoms with Gasteiger partial charge in [-0.2, -0.15) is 0 Å². The minimum atomic E-state index is 0.00554. The minimum absolute atomic E-state index is 0.00554. The van der Waals surface area contributed by atoms with E-state index in [0.29, 0.717) is 11.6 Å². The van der Waals surface area contributed by atoms with Crippen LogP contribution in [0.1, 0.15) is 32.6 Å². The van der Waals surface area contributed by atoms with Crippen molar-refractivity contribution in [1.82, 2.24) is 4.98 Å². The molecule has 1 saturated carbocycles. The predicted octanol–water partition coefficient (Wildman–Crippen LogP) is 4.21. The number of nitrogens with two attached hydrogens (primary N) is 1. The summed E-state index contributed by atoms with van der Waals surface area (Å²) in [5, 5.41) is 5.55. The monoisotopic (exact) mass is 303 g/mol. The van der Waals surface area contributed by atoms with Crippen molar-refractivity contribution >= 4 is 28.2 Å². The van der Waals surface area contributed by atoms with E-state index in [9.17, 15) is 0 Å². The Hall–Kier alpha value is -1.32. The van der Waals surface area contributed by atoms with Gasteiger partial charge in [0.25, 0.3) is 0 Å². The molecular formula is C17H22ClN3. The number of nitrogens with zero attached hydrogens (tertiary/aromatic N) is 1. The van der Waals surface area contributed by atoms with Crippen molar-refractivity contribution in [3.63, 3.8) is 0 Å². The van der Waals surface area contributed by atoms with Gasteiger partial charge in [0.1, 0.15) is 0 Å². The molecule has 1 aromatic carbocycles. The normalized spacial score (nSPS) is 26.0. The maximum atomic E-state index is 6.12. The highest BCUT2D eigenvalue weighted by molar-refractivity contribution is 6.31. The molecule has 3 nitrogen and oxygen atoms in total. The molecule has 0 aliphatic heterocycles. The van der Waals surface area contributed by atoms with Gasteiger partial charge >= 0.3 is 0 Å². The standard InChI is InChI=1S/C17H22ClN3/c1-12-3-2-7-17(10-12,11-19)21-15-6-8-20-16-9-13(18)4-5-14(15)16/h4-6,8-9,12H,2-3,7,10-11,19H2,1H3,(H,20,21). The number of aromatic nitrogens is 1. The Morgan fingerprint density at radius 2 is 2.29 bits per heavy atom. The Balaban J connectivity index is 1.96. The molecule has 112 valence electrons. The molecule has 0 saturated heterocycles. The quantitative estimate of drug-likeness (QED) is 0.893. The molecule has 21 heavy (non-hydrogen) atoms. The molecule has 2 aromatic rings. The van der Waals surface area contributed by atoms with Crippen LogP contribution in [0.15, 0.2) is 30.5 Å². The fourth-order valence-corrected chi connectivity index (χ4v) is 3.69. The maximum Gasteiger partial charge on any atom is 0.0737 e. The van der Waals surface area contributed by atoms with E-state index in [1.807, 2.05) is 30.5 Å². The fourth-order valence-electron chi connectivity index (χ4n) is 3.53. The third-order valence-corrected chi connectivity index (χ3v) is 4.82. The highest BCUT2D eigenvalue weighted by Gasteiger charge is 2.33. The molecule has 2 unspecified atom stereocenters. The predicted molar refractivity (Wildman–Crippen MR) is 89.8 cm³/mol. The van der Waals surface area contributed by atoms with Crippen LogP contribution in [0.5, 0.6) is 0 Å². The first-order valence-corrected chi connectivity index (χ1v) is 8.02. The smallest absolute Gasteiger partial charge is 0.0737 e. The van der Waals surface area contributed by atoms with E-state index in [0.717, 1.165) is 35.3 Å². The van der Waals surface area contributed by atoms with Crippen LogP contribution in [0.3, 0.4) is 0 Å². The number of fused-ring (bicyclic) bond motifs is 1. The van der Waals surface area contributed by atoms with Crippen LogP contribution in [0.4, 0.5) is 5.69 Å². The summed E-state index contributed by atoms with van der Waals surface area (Å²) in [7, 11) is 0. The van der Waals surface area contributed by atoms with Gasteiger partial charge in [0.05, 0.1) is 5.52 Å². The SMILES string of the molecule is CC1CCCC(CN)(Nc2ccnc3cc(Cl)ccc23)C1. The van der Waals surface area contributed by atoms with Crippen molar-refractivity contribution in [2.45, 2.75) is 38.1 Å². The number of benzene rings is 1. The van der Waals surface area contributed by atoms with Crippen LogP contribution in [-0.2, 0) is 0 Å². The number of pyridine rings is 1. The fraction of sp³-hybridized carbons (Fsp3) is 0.471. The van der Waals surface area contributed by atoms with Gasteiger partial charge in [-0.1, -0.05) is 31.4 Å². The van der Waals surface area contributed by atoms with Crippen molar-refractivity contribution in [3.8, 4) is 0 Å². The average molecular weight is 304 g/mol. The summed E-state index contributed by atoms with van der Waals surface area (Å²) >= 11 is 6.06. The van der Waals surface area contributed by atoms with E-state index in [4.69, 9.17) is 17.3 Å². The highest BCUT2D eigenvalue weighted by atomic mass is 35.5. The summed E-state index contributed by atoms with van der Waals surface area (Å²) in [6, 6.07) is 7.88. The van der Waals surface area contributed by atoms with Crippen molar-refractivity contribution in [2.24, 2.45) is 11.7 Å². The van der Waals surface area contributed by atoms with Crippen LogP contribution in [0, 0.1) is 5.92 Å². The molecule has 3 rings (SSSR count). The van der Waals surface area contributed by atoms with Crippen molar-refractivity contribution in [2.75, 3.05) is 11.9 Å². The van der Waals surface area contributed by atoms with E-state index in [-0.39, 0.29) is 5.54 Å². The van der Waals surface area contributed by atoms with Gasteiger partial charge in [0.15, 0.2) is 0 Å². The molecule has 3 N–H and O–H groups in total. The third-order valence-electron chi connectivity index (χ3n) is 4.59. The van der Waals surface area contributed by atoms with E-state index in [1.165, 1.54) is 12.8 Å². The van der Waals surface area contributed by atoms with E-state index < -0.39 is 0 Å². The molecule has 1 aromatic heterocycles. The van der Waals surface area contributed by atoms with Crippen molar-refractivity contribution < 1.29 is 0 Å². The van der Waals surface area contributed by atoms with Crippen LogP contribution in [0.2, 0.25) is 5.02 Å². The molecule has 1 fully saturated rings. The topological polar surface area (TPSA) is 50.9 Å². The third kappa shape index (κ3) is 2.99. The number of rotatable bonds is 3. The van der Waals surface area contributed by atoms with Gasteiger partial charge in [-0.3, -0.25) is 4.98 Å². The lowest BCUT2D eigenvalue weighted by atomic mass is 9.76. The van der Waals surface area contributed by atoms with Crippen molar-refractivity contribution in [3.05, 3.63) is 35.5 Å². The summed E-state index contributed by atoms with van der Waals surface area (Å²) in [4.78, 5) is 4.40. The summed E-state index contributed by atoms with van der Waals surface area (Å²) in [6.07, 6.45) is 6.62. The highest BCUT2D eigenvalue weighted by Crippen LogP contribution is 2.36. The summed E-state index contributed by atoms with van der Waals surface area (Å²) in [6.45, 7) is 2.98. The van der Waals surface area contributed by atoms with Crippen LogP contribution < -0.4 is 11.1 Å². The second-order valence-electron chi connectivity index (χ2n) is 6.33. The molecule has 0 radical (unpaired) electrons. The molecule has 0 spiro atoms. The Bertz CT molecular complexity index is 643. The second-order valence-corrected chi connectivity index (χ2v) is 6.77. The molecule has 0 bridgehead atoms. The minimum Gasteiger partial charge on any atom is -0.378 e. The lowest BCUT2D eigenvalue weighted by Gasteiger charge is -2.41. The van der Waals surface area contributed by atoms with Gasteiger partial charge in [-0.05, 0) is 43.0 Å². The summed E-state index contributed by atoms with van der Waals surface area (Å²) in [5.74, 6) is 0.720. The first-order valence-electron chi connectivity index (χ1n) is 7.64. The second kappa shape index (κ2) is 5.82. The lowest BCUT2D eigenvalue weighted by molar-refractivity contribution is 0.264. The zero-order valence-corrected chi connectivity index (χ0v) is 13.2. The Labute approximate surface area is 130 Å². The Morgan fingerprint density at radius 3 is 3.05 bits per heavy atom. The molecule has 4 heteroatoms. The maximum absolute atomic E-state index is 6.12. The summed E-state index contributed by atoms with van der Waals surface area (Å²) in [5.41, 5.74) is 8.15. The molecule has 2 atom stereocenters. The number of anilines is 1. The van der Waals surface area contributed by atoms with Crippen LogP contribution in [0.25, 0.3) is 10.9 Å². The number of nitrogens with one attached hydrogen (secondary N) is 1. The molecular weight excluding hydrogens is 282 g/mol. The largest absolute Gasteiger partial charge is 0.378 e. The summed E-state index contributed by atoms with van der Waals surface area (Å²) < 4.78 is 0. The van der Waals surface area contributed by atoms with E-state index in [1.54, 1.807) is 0 Å². The molecule has 1 aliphatic carbocycles. The average Bonchev–Trinajstić information content (AvgIpc) is 2.47. The van der Waals surface area contributed by atoms with Gasteiger partial charge in [-0.15, -0.1) is 0 Å². The van der Waals surface area contributed by atoms with Crippen molar-refractivity contribution in [1.29, 1.82) is 0 Å². The first kappa shape index (κ1) is 14.6. The van der Waals surface area contributed by atoms with E-state index in [2.05, 4.69) is 17.2 Å². The van der Waals surface area contributed by atoms with Gasteiger partial charge in [0.2, 0.25) is 0 Å². The molecule has 1 aliphatic rings. The van der Waals surface area contributed by atoms with Crippen LogP contribution >= 0.6 is 11.6 Å². The first-order chi connectivity index (χ1) is 10.1. The molecule has 1 heterocycles. The Kier molecular flexibility index (Phi) is 4.05. The lowest BCUT2D eigenvalue weighted by Crippen LogP contribution is -2.48. The van der Waals surface area contributed by atoms with Gasteiger partial charge in [0, 0.05) is 34.4 Å². The number of hydrogen-bond donors (Lipinski definition) is 2. The van der Waals surface area contributed by atoms with Gasteiger partial charge < -0.3 is 11.1 Å². The zero-order valence-electron chi connectivity index (χ0n) is 12.4. The Morgan fingerprint density at radius 1 is 1.43 bits per heavy atom. The number of halogens is 1. The zero-order chi connectivity index (χ0) is 14.9. The van der Waals surface area contributed by atoms with Crippen LogP contribution in [-0.4, -0.2) is 17.1 Å². The van der Waals surface area contributed by atoms with Gasteiger partial charge in [-0.25, -0.2) is 0 Å².